The lowest BCUT2D eigenvalue weighted by atomic mass is 9.86. The van der Waals surface area contributed by atoms with E-state index in [2.05, 4.69) is 43.8 Å². The number of aromatic nitrogens is 1. The number of aryl methyl sites for hydroxylation is 1. The summed E-state index contributed by atoms with van der Waals surface area (Å²) in [6.45, 7) is 7.82. The monoisotopic (exact) mass is 234 g/mol. The highest BCUT2D eigenvalue weighted by molar-refractivity contribution is 5.26. The van der Waals surface area contributed by atoms with Crippen LogP contribution in [0.5, 0.6) is 0 Å². The number of nitrogens with one attached hydrogen (secondary N) is 1. The maximum absolute atomic E-state index is 3.76. The summed E-state index contributed by atoms with van der Waals surface area (Å²) < 4.78 is 2.28. The minimum Gasteiger partial charge on any atom is -0.352 e. The van der Waals surface area contributed by atoms with Gasteiger partial charge in [-0.05, 0) is 44.2 Å². The molecule has 1 aromatic rings. The Morgan fingerprint density at radius 3 is 2.59 bits per heavy atom. The molecule has 1 heterocycles. The van der Waals surface area contributed by atoms with Crippen LogP contribution < -0.4 is 5.32 Å². The molecular weight excluding hydrogens is 208 g/mol. The Balaban J connectivity index is 1.95. The largest absolute Gasteiger partial charge is 0.352 e. The van der Waals surface area contributed by atoms with E-state index in [0.29, 0.717) is 0 Å². The van der Waals surface area contributed by atoms with Gasteiger partial charge in [0.1, 0.15) is 0 Å². The number of rotatable bonds is 3. The molecule has 1 fully saturated rings. The highest BCUT2D eigenvalue weighted by atomic mass is 15.0. The first-order valence-electron chi connectivity index (χ1n) is 6.94. The van der Waals surface area contributed by atoms with Gasteiger partial charge in [-0.15, -0.1) is 0 Å². The smallest absolute Gasteiger partial charge is 0.0226 e. The fraction of sp³-hybridized carbons (Fsp3) is 0.733. The third kappa shape index (κ3) is 2.74. The van der Waals surface area contributed by atoms with Crippen molar-refractivity contribution in [2.24, 2.45) is 13.0 Å². The second-order valence-corrected chi connectivity index (χ2v) is 5.70. The van der Waals surface area contributed by atoms with Crippen LogP contribution in [-0.4, -0.2) is 10.6 Å². The molecule has 0 radical (unpaired) electrons. The lowest BCUT2D eigenvalue weighted by Gasteiger charge is -2.29. The van der Waals surface area contributed by atoms with Gasteiger partial charge in [-0.1, -0.05) is 19.8 Å². The van der Waals surface area contributed by atoms with E-state index < -0.39 is 0 Å². The number of hydrogen-bond donors (Lipinski definition) is 1. The van der Waals surface area contributed by atoms with E-state index in [9.17, 15) is 0 Å². The molecule has 96 valence electrons. The number of nitrogens with zero attached hydrogens (tertiary/aromatic N) is 1. The van der Waals surface area contributed by atoms with Crippen molar-refractivity contribution in [3.05, 3.63) is 23.0 Å². The molecule has 0 amide bonds. The molecule has 0 aliphatic heterocycles. The topological polar surface area (TPSA) is 17.0 Å². The van der Waals surface area contributed by atoms with E-state index in [-0.39, 0.29) is 0 Å². The lowest BCUT2D eigenvalue weighted by Crippen LogP contribution is -2.36. The van der Waals surface area contributed by atoms with Gasteiger partial charge in [-0.3, -0.25) is 0 Å². The van der Waals surface area contributed by atoms with Crippen LogP contribution in [0.25, 0.3) is 0 Å². The molecule has 0 bridgehead atoms. The van der Waals surface area contributed by atoms with E-state index in [0.717, 1.165) is 18.5 Å². The molecule has 0 saturated heterocycles. The molecule has 1 aromatic heterocycles. The van der Waals surface area contributed by atoms with Crippen molar-refractivity contribution in [3.63, 3.8) is 0 Å². The Labute approximate surface area is 105 Å². The van der Waals surface area contributed by atoms with Crippen LogP contribution in [0, 0.1) is 19.8 Å². The third-order valence-corrected chi connectivity index (χ3v) is 4.55. The van der Waals surface area contributed by atoms with Gasteiger partial charge in [0.05, 0.1) is 0 Å². The highest BCUT2D eigenvalue weighted by Gasteiger charge is 2.20. The van der Waals surface area contributed by atoms with E-state index >= 15 is 0 Å². The first kappa shape index (κ1) is 12.7. The van der Waals surface area contributed by atoms with Crippen molar-refractivity contribution in [1.29, 1.82) is 0 Å². The average Bonchev–Trinajstić information content (AvgIpc) is 2.56. The lowest BCUT2D eigenvalue weighted by molar-refractivity contribution is 0.279. The van der Waals surface area contributed by atoms with Crippen LogP contribution in [0.2, 0.25) is 0 Å². The quantitative estimate of drug-likeness (QED) is 0.849. The Morgan fingerprint density at radius 2 is 2.00 bits per heavy atom. The zero-order chi connectivity index (χ0) is 12.4. The van der Waals surface area contributed by atoms with E-state index in [1.54, 1.807) is 0 Å². The van der Waals surface area contributed by atoms with Crippen molar-refractivity contribution >= 4 is 0 Å². The maximum Gasteiger partial charge on any atom is 0.0226 e. The van der Waals surface area contributed by atoms with Crippen molar-refractivity contribution in [2.45, 2.75) is 59.0 Å². The summed E-state index contributed by atoms with van der Waals surface area (Å²) in [5.74, 6) is 0.842. The summed E-state index contributed by atoms with van der Waals surface area (Å²) in [6, 6.07) is 3.04. The van der Waals surface area contributed by atoms with Crippen LogP contribution in [0.15, 0.2) is 6.07 Å². The zero-order valence-corrected chi connectivity index (χ0v) is 11.7. The fourth-order valence-corrected chi connectivity index (χ4v) is 2.97. The molecule has 2 atom stereocenters. The Kier molecular flexibility index (Phi) is 3.93. The highest BCUT2D eigenvalue weighted by Crippen LogP contribution is 2.24. The van der Waals surface area contributed by atoms with Gasteiger partial charge in [-0.2, -0.15) is 0 Å². The number of hydrogen-bond acceptors (Lipinski definition) is 1. The predicted octanol–water partition coefficient (Wildman–Crippen LogP) is 3.31. The minimum absolute atomic E-state index is 0.726. The second-order valence-electron chi connectivity index (χ2n) is 5.70. The molecular formula is C15H26N2. The Morgan fingerprint density at radius 1 is 1.29 bits per heavy atom. The Hall–Kier alpha value is -0.760. The van der Waals surface area contributed by atoms with Gasteiger partial charge in [0.15, 0.2) is 0 Å². The predicted molar refractivity (Wildman–Crippen MR) is 73.1 cm³/mol. The van der Waals surface area contributed by atoms with Gasteiger partial charge >= 0.3 is 0 Å². The molecule has 2 nitrogen and oxygen atoms in total. The van der Waals surface area contributed by atoms with Gasteiger partial charge < -0.3 is 9.88 Å². The molecule has 1 aliphatic rings. The molecule has 2 heteroatoms. The Bertz CT molecular complexity index is 379. The van der Waals surface area contributed by atoms with Crippen LogP contribution >= 0.6 is 0 Å². The van der Waals surface area contributed by atoms with Crippen molar-refractivity contribution < 1.29 is 0 Å². The summed E-state index contributed by atoms with van der Waals surface area (Å²) in [5, 5.41) is 3.76. The van der Waals surface area contributed by atoms with Crippen LogP contribution in [0.3, 0.4) is 0 Å². The van der Waals surface area contributed by atoms with Crippen LogP contribution in [-0.2, 0) is 13.6 Å². The third-order valence-electron chi connectivity index (χ3n) is 4.55. The first-order chi connectivity index (χ1) is 8.09. The van der Waals surface area contributed by atoms with Gasteiger partial charge in [0.25, 0.3) is 0 Å². The first-order valence-corrected chi connectivity index (χ1v) is 6.94. The van der Waals surface area contributed by atoms with E-state index in [1.165, 1.54) is 42.6 Å². The molecule has 0 spiro atoms. The summed E-state index contributed by atoms with van der Waals surface area (Å²) in [6.07, 6.45) is 5.56. The van der Waals surface area contributed by atoms with Crippen molar-refractivity contribution in [3.8, 4) is 0 Å². The standard InChI is InChI=1S/C15H26N2/c1-11-7-5-6-8-15(11)16-10-14-9-12(2)17(4)13(14)3/h9,11,15-16H,5-8,10H2,1-4H3. The normalized spacial score (nSPS) is 25.2. The summed E-state index contributed by atoms with van der Waals surface area (Å²) in [4.78, 5) is 0. The van der Waals surface area contributed by atoms with E-state index in [4.69, 9.17) is 0 Å². The van der Waals surface area contributed by atoms with Gasteiger partial charge in [0, 0.05) is 31.0 Å². The summed E-state index contributed by atoms with van der Waals surface area (Å²) >= 11 is 0. The molecule has 0 aromatic carbocycles. The molecule has 1 aliphatic carbocycles. The summed E-state index contributed by atoms with van der Waals surface area (Å²) in [5.41, 5.74) is 4.22. The van der Waals surface area contributed by atoms with Crippen LogP contribution in [0.4, 0.5) is 0 Å². The summed E-state index contributed by atoms with van der Waals surface area (Å²) in [7, 11) is 2.15. The molecule has 2 rings (SSSR count). The molecule has 17 heavy (non-hydrogen) atoms. The zero-order valence-electron chi connectivity index (χ0n) is 11.7. The van der Waals surface area contributed by atoms with Gasteiger partial charge in [0.2, 0.25) is 0 Å². The molecule has 1 N–H and O–H groups in total. The second kappa shape index (κ2) is 5.26. The SMILES string of the molecule is Cc1cc(CNC2CCCCC2C)c(C)n1C. The van der Waals surface area contributed by atoms with Crippen molar-refractivity contribution in [1.82, 2.24) is 9.88 Å². The fourth-order valence-electron chi connectivity index (χ4n) is 2.97. The molecule has 2 unspecified atom stereocenters. The van der Waals surface area contributed by atoms with Gasteiger partial charge in [-0.25, -0.2) is 0 Å². The van der Waals surface area contributed by atoms with E-state index in [1.807, 2.05) is 0 Å². The minimum atomic E-state index is 0.726. The van der Waals surface area contributed by atoms with Crippen molar-refractivity contribution in [2.75, 3.05) is 0 Å². The van der Waals surface area contributed by atoms with Crippen LogP contribution in [0.1, 0.15) is 49.6 Å². The molecule has 1 saturated carbocycles. The maximum atomic E-state index is 3.76. The average molecular weight is 234 g/mol.